The Hall–Kier alpha value is -0.870. The van der Waals surface area contributed by atoms with Crippen molar-refractivity contribution < 1.29 is 9.15 Å². The standard InChI is InChI=1S/C17H31N5O2.HI/c1-6-18-16(20-9-13-12-22(5)7-8-23-13)21-11-15-19-10-14(24-15)17(2,3)4;/h10,13H,6-9,11-12H2,1-5H3,(H2,18,20,21);1H. The normalized spacial score (nSPS) is 19.4. The second kappa shape index (κ2) is 10.3. The lowest BCUT2D eigenvalue weighted by Gasteiger charge is -2.30. The van der Waals surface area contributed by atoms with Crippen LogP contribution in [0.3, 0.4) is 0 Å². The largest absolute Gasteiger partial charge is 0.443 e. The number of aliphatic imine (C=N–C) groups is 1. The fourth-order valence-corrected chi connectivity index (χ4v) is 2.42. The van der Waals surface area contributed by atoms with Gasteiger partial charge in [-0.2, -0.15) is 0 Å². The van der Waals surface area contributed by atoms with E-state index in [0.717, 1.165) is 44.5 Å². The fraction of sp³-hybridized carbons (Fsp3) is 0.765. The average molecular weight is 465 g/mol. The molecule has 0 radical (unpaired) electrons. The molecule has 1 aliphatic rings. The SMILES string of the molecule is CCNC(=NCc1ncc(C(C)(C)C)o1)NCC1CN(C)CCO1.I. The summed E-state index contributed by atoms with van der Waals surface area (Å²) in [5.74, 6) is 2.26. The van der Waals surface area contributed by atoms with Crippen LogP contribution >= 0.6 is 24.0 Å². The summed E-state index contributed by atoms with van der Waals surface area (Å²) in [6, 6.07) is 0. The number of rotatable bonds is 5. The molecule has 0 aromatic carbocycles. The first-order valence-corrected chi connectivity index (χ1v) is 8.66. The highest BCUT2D eigenvalue weighted by molar-refractivity contribution is 14.0. The van der Waals surface area contributed by atoms with Gasteiger partial charge in [0, 0.05) is 31.6 Å². The fourth-order valence-electron chi connectivity index (χ4n) is 2.42. The van der Waals surface area contributed by atoms with E-state index in [-0.39, 0.29) is 35.5 Å². The summed E-state index contributed by atoms with van der Waals surface area (Å²) in [4.78, 5) is 11.1. The number of ether oxygens (including phenoxy) is 1. The van der Waals surface area contributed by atoms with Gasteiger partial charge in [0.1, 0.15) is 12.3 Å². The van der Waals surface area contributed by atoms with Gasteiger partial charge in [-0.15, -0.1) is 24.0 Å². The van der Waals surface area contributed by atoms with Crippen LogP contribution in [0.5, 0.6) is 0 Å². The Morgan fingerprint density at radius 1 is 1.40 bits per heavy atom. The first-order chi connectivity index (χ1) is 11.4. The van der Waals surface area contributed by atoms with Crippen molar-refractivity contribution >= 4 is 29.9 Å². The van der Waals surface area contributed by atoms with Gasteiger partial charge in [-0.3, -0.25) is 0 Å². The first-order valence-electron chi connectivity index (χ1n) is 8.66. The van der Waals surface area contributed by atoms with Gasteiger partial charge in [0.2, 0.25) is 5.89 Å². The van der Waals surface area contributed by atoms with Crippen molar-refractivity contribution in [1.82, 2.24) is 20.5 Å². The Kier molecular flexibility index (Phi) is 9.15. The summed E-state index contributed by atoms with van der Waals surface area (Å²) >= 11 is 0. The van der Waals surface area contributed by atoms with Crippen molar-refractivity contribution in [2.45, 2.75) is 45.8 Å². The molecule has 0 spiro atoms. The quantitative estimate of drug-likeness (QED) is 0.394. The second-order valence-electron chi connectivity index (χ2n) is 7.20. The van der Waals surface area contributed by atoms with Crippen molar-refractivity contribution in [3.05, 3.63) is 17.8 Å². The molecule has 2 heterocycles. The Balaban J connectivity index is 0.00000312. The molecule has 1 aromatic heterocycles. The molecule has 0 amide bonds. The number of nitrogens with one attached hydrogen (secondary N) is 2. The van der Waals surface area contributed by atoms with E-state index in [1.807, 2.05) is 6.92 Å². The van der Waals surface area contributed by atoms with E-state index in [4.69, 9.17) is 9.15 Å². The van der Waals surface area contributed by atoms with Gasteiger partial charge in [-0.25, -0.2) is 9.98 Å². The van der Waals surface area contributed by atoms with Gasteiger partial charge in [-0.1, -0.05) is 20.8 Å². The van der Waals surface area contributed by atoms with E-state index >= 15 is 0 Å². The lowest BCUT2D eigenvalue weighted by molar-refractivity contribution is -0.0161. The molecule has 25 heavy (non-hydrogen) atoms. The molecule has 1 fully saturated rings. The van der Waals surface area contributed by atoms with Crippen LogP contribution in [0, 0.1) is 0 Å². The number of aromatic nitrogens is 1. The highest BCUT2D eigenvalue weighted by Gasteiger charge is 2.19. The third-order valence-electron chi connectivity index (χ3n) is 3.85. The van der Waals surface area contributed by atoms with E-state index in [9.17, 15) is 0 Å². The molecule has 2 N–H and O–H groups in total. The first kappa shape index (κ1) is 22.2. The van der Waals surface area contributed by atoms with E-state index in [1.165, 1.54) is 0 Å². The number of likely N-dealkylation sites (N-methyl/N-ethyl adjacent to an activating group) is 1. The Morgan fingerprint density at radius 2 is 2.16 bits per heavy atom. The summed E-state index contributed by atoms with van der Waals surface area (Å²) in [6.07, 6.45) is 1.97. The molecule has 0 aliphatic carbocycles. The van der Waals surface area contributed by atoms with Gasteiger partial charge < -0.3 is 24.7 Å². The van der Waals surface area contributed by atoms with E-state index in [2.05, 4.69) is 53.3 Å². The molecule has 1 atom stereocenters. The van der Waals surface area contributed by atoms with Gasteiger partial charge >= 0.3 is 0 Å². The summed E-state index contributed by atoms with van der Waals surface area (Å²) in [5.41, 5.74) is -0.0396. The molecule has 1 aromatic rings. The maximum Gasteiger partial charge on any atom is 0.216 e. The lowest BCUT2D eigenvalue weighted by Crippen LogP contribution is -2.48. The van der Waals surface area contributed by atoms with Crippen LogP contribution < -0.4 is 10.6 Å². The van der Waals surface area contributed by atoms with Gasteiger partial charge in [0.25, 0.3) is 0 Å². The summed E-state index contributed by atoms with van der Waals surface area (Å²) in [7, 11) is 2.12. The zero-order chi connectivity index (χ0) is 17.6. The Labute approximate surface area is 168 Å². The predicted molar refractivity (Wildman–Crippen MR) is 111 cm³/mol. The highest BCUT2D eigenvalue weighted by atomic mass is 127. The Bertz CT molecular complexity index is 541. The molecule has 8 heteroatoms. The van der Waals surface area contributed by atoms with Crippen LogP contribution in [-0.2, 0) is 16.7 Å². The van der Waals surface area contributed by atoms with Gasteiger partial charge in [0.05, 0.1) is 18.9 Å². The van der Waals surface area contributed by atoms with Crippen LogP contribution in [0.4, 0.5) is 0 Å². The zero-order valence-corrected chi connectivity index (χ0v) is 18.3. The number of oxazole rings is 1. The van der Waals surface area contributed by atoms with Crippen LogP contribution in [0.2, 0.25) is 0 Å². The zero-order valence-electron chi connectivity index (χ0n) is 16.0. The van der Waals surface area contributed by atoms with Crippen LogP contribution in [0.1, 0.15) is 39.3 Å². The van der Waals surface area contributed by atoms with Crippen molar-refractivity contribution in [3.63, 3.8) is 0 Å². The average Bonchev–Trinajstić information content (AvgIpc) is 2.99. The number of hydrogen-bond acceptors (Lipinski definition) is 5. The minimum atomic E-state index is -0.0396. The number of nitrogens with zero attached hydrogens (tertiary/aromatic N) is 3. The monoisotopic (exact) mass is 465 g/mol. The summed E-state index contributed by atoms with van der Waals surface area (Å²) in [5, 5.41) is 6.58. The lowest BCUT2D eigenvalue weighted by atomic mass is 9.94. The van der Waals surface area contributed by atoms with Gasteiger partial charge in [-0.05, 0) is 14.0 Å². The van der Waals surface area contributed by atoms with E-state index < -0.39 is 0 Å². The number of hydrogen-bond donors (Lipinski definition) is 2. The van der Waals surface area contributed by atoms with Crippen molar-refractivity contribution in [1.29, 1.82) is 0 Å². The van der Waals surface area contributed by atoms with E-state index in [0.29, 0.717) is 12.4 Å². The van der Waals surface area contributed by atoms with E-state index in [1.54, 1.807) is 6.20 Å². The van der Waals surface area contributed by atoms with Crippen LogP contribution in [0.25, 0.3) is 0 Å². The summed E-state index contributed by atoms with van der Waals surface area (Å²) in [6.45, 7) is 13.0. The molecule has 144 valence electrons. The molecule has 1 unspecified atom stereocenters. The molecule has 1 saturated heterocycles. The predicted octanol–water partition coefficient (Wildman–Crippen LogP) is 1.98. The van der Waals surface area contributed by atoms with Crippen molar-refractivity contribution in [2.75, 3.05) is 39.8 Å². The minimum absolute atomic E-state index is 0. The molecular weight excluding hydrogens is 433 g/mol. The number of guanidine groups is 1. The molecular formula is C17H32IN5O2. The summed E-state index contributed by atoms with van der Waals surface area (Å²) < 4.78 is 11.5. The topological polar surface area (TPSA) is 74.9 Å². The molecule has 0 saturated carbocycles. The Morgan fingerprint density at radius 3 is 2.76 bits per heavy atom. The van der Waals surface area contributed by atoms with Crippen LogP contribution in [-0.4, -0.2) is 61.8 Å². The molecule has 7 nitrogen and oxygen atoms in total. The third-order valence-corrected chi connectivity index (χ3v) is 3.85. The second-order valence-corrected chi connectivity index (χ2v) is 7.20. The smallest absolute Gasteiger partial charge is 0.216 e. The molecule has 0 bridgehead atoms. The third kappa shape index (κ3) is 7.49. The highest BCUT2D eigenvalue weighted by Crippen LogP contribution is 2.22. The van der Waals surface area contributed by atoms with Gasteiger partial charge in [0.15, 0.2) is 5.96 Å². The van der Waals surface area contributed by atoms with Crippen molar-refractivity contribution in [2.24, 2.45) is 4.99 Å². The van der Waals surface area contributed by atoms with Crippen molar-refractivity contribution in [3.8, 4) is 0 Å². The molecule has 1 aliphatic heterocycles. The maximum absolute atomic E-state index is 5.78. The van der Waals surface area contributed by atoms with Crippen LogP contribution in [0.15, 0.2) is 15.6 Å². The molecule has 2 rings (SSSR count). The maximum atomic E-state index is 5.78. The number of halogens is 1. The number of morpholine rings is 1. The minimum Gasteiger partial charge on any atom is -0.443 e.